The lowest BCUT2D eigenvalue weighted by Crippen LogP contribution is -2.20. The van der Waals surface area contributed by atoms with Crippen LogP contribution in [-0.2, 0) is 10.8 Å². The van der Waals surface area contributed by atoms with Gasteiger partial charge in [-0.3, -0.25) is 10.1 Å². The Kier molecular flexibility index (Phi) is 7.74. The highest BCUT2D eigenvalue weighted by molar-refractivity contribution is 5.76. The van der Waals surface area contributed by atoms with E-state index in [2.05, 4.69) is 103 Å². The summed E-state index contributed by atoms with van der Waals surface area (Å²) in [7, 11) is 0. The molecule has 0 amide bonds. The lowest BCUT2D eigenvalue weighted by Gasteiger charge is -2.31. The first-order chi connectivity index (χ1) is 15.2. The van der Waals surface area contributed by atoms with E-state index in [0.29, 0.717) is 0 Å². The first-order valence-corrected chi connectivity index (χ1v) is 11.4. The molecule has 0 fully saturated rings. The molecule has 0 heterocycles. The molecule has 0 saturated heterocycles. The van der Waals surface area contributed by atoms with Crippen molar-refractivity contribution in [2.24, 2.45) is 0 Å². The van der Waals surface area contributed by atoms with E-state index < -0.39 is 4.92 Å². The summed E-state index contributed by atoms with van der Waals surface area (Å²) in [6.45, 7) is 22.9. The van der Waals surface area contributed by atoms with Gasteiger partial charge < -0.3 is 4.90 Å². The van der Waals surface area contributed by atoms with E-state index in [0.717, 1.165) is 28.2 Å². The van der Waals surface area contributed by atoms with E-state index >= 15 is 0 Å². The maximum Gasteiger partial charge on any atom is 0.270 e. The third-order valence-corrected chi connectivity index (χ3v) is 5.84. The van der Waals surface area contributed by atoms with Crippen LogP contribution in [0.15, 0.2) is 72.6 Å². The van der Waals surface area contributed by atoms with Crippen molar-refractivity contribution in [3.05, 3.63) is 105 Å². The zero-order valence-electron chi connectivity index (χ0n) is 21.6. The molecular weight excluding hydrogens is 408 g/mol. The highest BCUT2D eigenvalue weighted by atomic mass is 16.6. The number of hydrogen-bond donors (Lipinski definition) is 0. The smallest absolute Gasteiger partial charge is 0.270 e. The number of aryl methyl sites for hydroxylation is 2. The highest BCUT2D eigenvalue weighted by Gasteiger charge is 2.23. The maximum atomic E-state index is 11.5. The van der Waals surface area contributed by atoms with E-state index in [4.69, 9.17) is 0 Å². The zero-order chi connectivity index (χ0) is 25.1. The van der Waals surface area contributed by atoms with Crippen LogP contribution in [0.1, 0.15) is 70.7 Å². The quantitative estimate of drug-likeness (QED) is 0.255. The molecule has 4 heteroatoms. The monoisotopic (exact) mass is 446 g/mol. The lowest BCUT2D eigenvalue weighted by atomic mass is 9.84. The van der Waals surface area contributed by atoms with Gasteiger partial charge in [-0.05, 0) is 66.0 Å². The van der Waals surface area contributed by atoms with Crippen LogP contribution in [0.5, 0.6) is 0 Å². The van der Waals surface area contributed by atoms with Crippen molar-refractivity contribution >= 4 is 11.4 Å². The fourth-order valence-electron chi connectivity index (χ4n) is 3.87. The van der Waals surface area contributed by atoms with Crippen molar-refractivity contribution in [3.63, 3.8) is 0 Å². The molecule has 0 aliphatic heterocycles. The summed E-state index contributed by atoms with van der Waals surface area (Å²) in [4.78, 5) is 13.2. The molecule has 0 aliphatic carbocycles. The van der Waals surface area contributed by atoms with Crippen molar-refractivity contribution < 1.29 is 4.92 Å². The summed E-state index contributed by atoms with van der Waals surface area (Å²) in [5.74, 6) is 0. The van der Waals surface area contributed by atoms with Crippen LogP contribution in [0.4, 0.5) is 11.4 Å². The predicted molar refractivity (Wildman–Crippen MR) is 141 cm³/mol. The van der Waals surface area contributed by atoms with Crippen LogP contribution in [0.25, 0.3) is 0 Å². The summed E-state index contributed by atoms with van der Waals surface area (Å²) in [5.41, 5.74) is 7.46. The minimum absolute atomic E-state index is 0.0260. The van der Waals surface area contributed by atoms with Crippen LogP contribution >= 0.6 is 0 Å². The largest absolute Gasteiger partial charge is 0.310 e. The van der Waals surface area contributed by atoms with Gasteiger partial charge in [-0.25, -0.2) is 0 Å². The molecule has 0 N–H and O–H groups in total. The number of rotatable bonds is 6. The predicted octanol–water partition coefficient (Wildman–Crippen LogP) is 8.29. The second kappa shape index (κ2) is 9.78. The van der Waals surface area contributed by atoms with Crippen molar-refractivity contribution in [3.8, 4) is 0 Å². The van der Waals surface area contributed by atoms with Gasteiger partial charge in [-0.2, -0.15) is 0 Å². The van der Waals surface area contributed by atoms with Crippen LogP contribution in [-0.4, -0.2) is 4.92 Å². The molecule has 33 heavy (non-hydrogen) atoms. The Balaban J connectivity index is 2.81. The first kappa shape index (κ1) is 26.1. The van der Waals surface area contributed by atoms with Crippen LogP contribution < -0.4 is 4.90 Å². The van der Waals surface area contributed by atoms with Gasteiger partial charge in [0.25, 0.3) is 5.70 Å². The third-order valence-electron chi connectivity index (χ3n) is 5.84. The summed E-state index contributed by atoms with van der Waals surface area (Å²) >= 11 is 0. The average molecular weight is 447 g/mol. The Morgan fingerprint density at radius 3 is 1.79 bits per heavy atom. The fourth-order valence-corrected chi connectivity index (χ4v) is 3.87. The minimum Gasteiger partial charge on any atom is -0.310 e. The summed E-state index contributed by atoms with van der Waals surface area (Å²) < 4.78 is 0. The summed E-state index contributed by atoms with van der Waals surface area (Å²) in [6, 6.07) is 12.9. The molecule has 0 aromatic heterocycles. The molecule has 4 nitrogen and oxygen atoms in total. The normalized spacial score (nSPS) is 13.1. The van der Waals surface area contributed by atoms with Gasteiger partial charge in [0, 0.05) is 23.5 Å². The SMILES string of the molecule is C=C/C(=C\C(=C/C)N(c1ccc(C(C)(C)C)cc1)c1c(C)cc(C(C)(C)C)cc1C)[N+](=O)[O-]. The Hall–Kier alpha value is -3.14. The Bertz CT molecular complexity index is 1070. The zero-order valence-corrected chi connectivity index (χ0v) is 21.6. The van der Waals surface area contributed by atoms with Crippen molar-refractivity contribution in [2.45, 2.75) is 73.1 Å². The molecule has 0 aliphatic rings. The first-order valence-electron chi connectivity index (χ1n) is 11.4. The van der Waals surface area contributed by atoms with Crippen LogP contribution in [0.2, 0.25) is 0 Å². The van der Waals surface area contributed by atoms with E-state index in [1.54, 1.807) is 6.08 Å². The Morgan fingerprint density at radius 1 is 0.939 bits per heavy atom. The van der Waals surface area contributed by atoms with Gasteiger partial charge in [-0.15, -0.1) is 0 Å². The molecule has 0 spiro atoms. The summed E-state index contributed by atoms with van der Waals surface area (Å²) in [5, 5.41) is 11.5. The Labute approximate surface area is 199 Å². The minimum atomic E-state index is -0.403. The molecule has 0 bridgehead atoms. The second-order valence-electron chi connectivity index (χ2n) is 10.6. The molecule has 2 rings (SSSR count). The summed E-state index contributed by atoms with van der Waals surface area (Å²) in [6.07, 6.45) is 4.77. The van der Waals surface area contributed by atoms with E-state index in [1.165, 1.54) is 17.2 Å². The fraction of sp³-hybridized carbons (Fsp3) is 0.379. The number of benzene rings is 2. The molecule has 2 aromatic rings. The number of nitrogens with zero attached hydrogens (tertiary/aromatic N) is 2. The van der Waals surface area contributed by atoms with E-state index in [-0.39, 0.29) is 16.5 Å². The van der Waals surface area contributed by atoms with Gasteiger partial charge in [0.05, 0.1) is 10.6 Å². The number of allylic oxidation sites excluding steroid dienone is 3. The van der Waals surface area contributed by atoms with Gasteiger partial charge in [0.1, 0.15) is 0 Å². The van der Waals surface area contributed by atoms with Crippen molar-refractivity contribution in [1.29, 1.82) is 0 Å². The molecular formula is C29H38N2O2. The molecule has 176 valence electrons. The maximum absolute atomic E-state index is 11.5. The van der Waals surface area contributed by atoms with Crippen LogP contribution in [0, 0.1) is 24.0 Å². The lowest BCUT2D eigenvalue weighted by molar-refractivity contribution is -0.419. The average Bonchev–Trinajstić information content (AvgIpc) is 2.70. The Morgan fingerprint density at radius 2 is 1.42 bits per heavy atom. The highest BCUT2D eigenvalue weighted by Crippen LogP contribution is 2.39. The van der Waals surface area contributed by atoms with Gasteiger partial charge in [-0.1, -0.05) is 78.5 Å². The molecule has 0 atom stereocenters. The number of hydrogen-bond acceptors (Lipinski definition) is 3. The molecule has 0 saturated carbocycles. The molecule has 0 unspecified atom stereocenters. The van der Waals surface area contributed by atoms with E-state index in [9.17, 15) is 10.1 Å². The molecule has 0 radical (unpaired) electrons. The van der Waals surface area contributed by atoms with Crippen molar-refractivity contribution in [2.75, 3.05) is 4.90 Å². The standard InChI is InChI=1S/C29H38N2O2/c1-11-24(19-25(12-2)31(32)33)30(26-15-13-22(14-16-26)28(5,6)7)27-20(3)17-23(18-21(27)4)29(8,9)10/h11-19H,2H2,1,3-10H3/b24-11+,25-19+. The molecule has 2 aromatic carbocycles. The third kappa shape index (κ3) is 6.01. The van der Waals surface area contributed by atoms with E-state index in [1.807, 2.05) is 13.0 Å². The van der Waals surface area contributed by atoms with Gasteiger partial charge >= 0.3 is 0 Å². The number of nitro groups is 1. The second-order valence-corrected chi connectivity index (χ2v) is 10.6. The number of anilines is 2. The van der Waals surface area contributed by atoms with Gasteiger partial charge in [0.15, 0.2) is 0 Å². The van der Waals surface area contributed by atoms with Crippen LogP contribution in [0.3, 0.4) is 0 Å². The van der Waals surface area contributed by atoms with Gasteiger partial charge in [0.2, 0.25) is 0 Å². The van der Waals surface area contributed by atoms with Crippen molar-refractivity contribution in [1.82, 2.24) is 0 Å². The topological polar surface area (TPSA) is 46.4 Å².